The Morgan fingerprint density at radius 1 is 0.750 bits per heavy atom. The normalized spacial score (nSPS) is 23.2. The zero-order valence-electron chi connectivity index (χ0n) is 16.6. The second kappa shape index (κ2) is 11.3. The smallest absolute Gasteiger partial charge is 0.0593 e. The SMILES string of the molecule is CCOCCN1CCN(CCOCC)CC(C)(C)SSC(C)(C)C1. The lowest BCUT2D eigenvalue weighted by Gasteiger charge is -2.39. The van der Waals surface area contributed by atoms with Crippen molar-refractivity contribution in [2.45, 2.75) is 51.0 Å². The van der Waals surface area contributed by atoms with Crippen LogP contribution in [0.15, 0.2) is 0 Å². The van der Waals surface area contributed by atoms with Crippen LogP contribution in [0, 0.1) is 0 Å². The summed E-state index contributed by atoms with van der Waals surface area (Å²) in [6.45, 7) is 23.3. The maximum atomic E-state index is 5.58. The minimum atomic E-state index is 0.252. The standard InChI is InChI=1S/C18H38N2O2S2/c1-7-21-13-11-19-9-10-20(12-14-22-8-2)16-18(5,6)24-23-17(3,4)15-19/h7-16H2,1-6H3. The van der Waals surface area contributed by atoms with Gasteiger partial charge in [0.25, 0.3) is 0 Å². The minimum Gasteiger partial charge on any atom is -0.380 e. The first-order chi connectivity index (χ1) is 11.3. The fourth-order valence-electron chi connectivity index (χ4n) is 2.85. The summed E-state index contributed by atoms with van der Waals surface area (Å²) in [5, 5.41) is 0. The Bertz CT molecular complexity index is 309. The van der Waals surface area contributed by atoms with Crippen molar-refractivity contribution in [1.29, 1.82) is 0 Å². The fourth-order valence-corrected chi connectivity index (χ4v) is 5.45. The predicted octanol–water partition coefficient (Wildman–Crippen LogP) is 3.62. The molecule has 0 bridgehead atoms. The quantitative estimate of drug-likeness (QED) is 0.473. The van der Waals surface area contributed by atoms with Crippen molar-refractivity contribution in [3.63, 3.8) is 0 Å². The van der Waals surface area contributed by atoms with E-state index in [4.69, 9.17) is 9.47 Å². The van der Waals surface area contributed by atoms with E-state index in [1.807, 2.05) is 21.6 Å². The summed E-state index contributed by atoms with van der Waals surface area (Å²) < 4.78 is 11.7. The zero-order valence-corrected chi connectivity index (χ0v) is 18.2. The molecule has 1 aliphatic rings. The second-order valence-corrected chi connectivity index (χ2v) is 11.2. The largest absolute Gasteiger partial charge is 0.380 e. The van der Waals surface area contributed by atoms with Gasteiger partial charge in [0.1, 0.15) is 0 Å². The van der Waals surface area contributed by atoms with Crippen LogP contribution in [-0.2, 0) is 9.47 Å². The van der Waals surface area contributed by atoms with Crippen molar-refractivity contribution >= 4 is 21.6 Å². The molecule has 1 fully saturated rings. The number of ether oxygens (including phenoxy) is 2. The summed E-state index contributed by atoms with van der Waals surface area (Å²) in [6, 6.07) is 0. The summed E-state index contributed by atoms with van der Waals surface area (Å²) in [4.78, 5) is 5.13. The Balaban J connectivity index is 2.69. The first kappa shape index (κ1) is 22.6. The molecular formula is C18H38N2O2S2. The summed E-state index contributed by atoms with van der Waals surface area (Å²) >= 11 is 0. The van der Waals surface area contributed by atoms with E-state index < -0.39 is 0 Å². The third kappa shape index (κ3) is 9.88. The number of hydrogen-bond donors (Lipinski definition) is 0. The molecule has 1 heterocycles. The van der Waals surface area contributed by atoms with Crippen LogP contribution in [-0.4, -0.2) is 85.0 Å². The third-order valence-corrected chi connectivity index (χ3v) is 8.15. The van der Waals surface area contributed by atoms with Gasteiger partial charge in [-0.15, -0.1) is 0 Å². The van der Waals surface area contributed by atoms with Crippen LogP contribution in [0.2, 0.25) is 0 Å². The van der Waals surface area contributed by atoms with Crippen molar-refractivity contribution < 1.29 is 9.47 Å². The molecule has 0 saturated carbocycles. The second-order valence-electron chi connectivity index (χ2n) is 7.63. The van der Waals surface area contributed by atoms with Gasteiger partial charge in [0.15, 0.2) is 0 Å². The highest BCUT2D eigenvalue weighted by molar-refractivity contribution is 8.77. The average molecular weight is 379 g/mol. The first-order valence-corrected chi connectivity index (χ1v) is 11.4. The first-order valence-electron chi connectivity index (χ1n) is 9.25. The van der Waals surface area contributed by atoms with Crippen LogP contribution in [0.4, 0.5) is 0 Å². The summed E-state index contributed by atoms with van der Waals surface area (Å²) in [6.07, 6.45) is 0. The Labute approximate surface area is 157 Å². The monoisotopic (exact) mass is 378 g/mol. The lowest BCUT2D eigenvalue weighted by atomic mass is 10.1. The van der Waals surface area contributed by atoms with Crippen molar-refractivity contribution in [1.82, 2.24) is 9.80 Å². The van der Waals surface area contributed by atoms with Gasteiger partial charge in [-0.05, 0) is 41.5 Å². The molecule has 0 amide bonds. The Kier molecular flexibility index (Phi) is 10.6. The number of nitrogens with zero attached hydrogens (tertiary/aromatic N) is 2. The van der Waals surface area contributed by atoms with Gasteiger partial charge in [0.05, 0.1) is 13.2 Å². The maximum Gasteiger partial charge on any atom is 0.0593 e. The molecule has 144 valence electrons. The molecule has 6 heteroatoms. The third-order valence-electron chi connectivity index (χ3n) is 3.95. The van der Waals surface area contributed by atoms with E-state index in [0.717, 1.165) is 65.7 Å². The van der Waals surface area contributed by atoms with Gasteiger partial charge in [-0.25, -0.2) is 0 Å². The summed E-state index contributed by atoms with van der Waals surface area (Å²) in [5.74, 6) is 0. The van der Waals surface area contributed by atoms with Crippen LogP contribution in [0.1, 0.15) is 41.5 Å². The Hall–Kier alpha value is 0.540. The Morgan fingerprint density at radius 3 is 1.46 bits per heavy atom. The van der Waals surface area contributed by atoms with Gasteiger partial charge in [-0.1, -0.05) is 21.6 Å². The molecule has 0 unspecified atom stereocenters. The molecule has 0 spiro atoms. The van der Waals surface area contributed by atoms with Gasteiger partial charge < -0.3 is 9.47 Å². The van der Waals surface area contributed by atoms with E-state index in [9.17, 15) is 0 Å². The highest BCUT2D eigenvalue weighted by Crippen LogP contribution is 2.44. The van der Waals surface area contributed by atoms with E-state index >= 15 is 0 Å². The summed E-state index contributed by atoms with van der Waals surface area (Å²) in [5.41, 5.74) is 0. The van der Waals surface area contributed by atoms with Crippen molar-refractivity contribution in [3.05, 3.63) is 0 Å². The number of rotatable bonds is 8. The molecule has 4 nitrogen and oxygen atoms in total. The molecule has 0 radical (unpaired) electrons. The van der Waals surface area contributed by atoms with Crippen LogP contribution in [0.5, 0.6) is 0 Å². The average Bonchev–Trinajstić information content (AvgIpc) is 2.50. The van der Waals surface area contributed by atoms with Gasteiger partial charge in [0.2, 0.25) is 0 Å². The van der Waals surface area contributed by atoms with Crippen molar-refractivity contribution in [3.8, 4) is 0 Å². The predicted molar refractivity (Wildman–Crippen MR) is 109 cm³/mol. The van der Waals surface area contributed by atoms with Crippen molar-refractivity contribution in [2.24, 2.45) is 0 Å². The molecule has 24 heavy (non-hydrogen) atoms. The van der Waals surface area contributed by atoms with Crippen LogP contribution in [0.25, 0.3) is 0 Å². The molecule has 0 aromatic heterocycles. The molecule has 1 saturated heterocycles. The van der Waals surface area contributed by atoms with E-state index in [1.54, 1.807) is 0 Å². The van der Waals surface area contributed by atoms with Gasteiger partial charge in [-0.2, -0.15) is 0 Å². The lowest BCUT2D eigenvalue weighted by Crippen LogP contribution is -2.47. The fraction of sp³-hybridized carbons (Fsp3) is 1.00. The van der Waals surface area contributed by atoms with Crippen LogP contribution >= 0.6 is 21.6 Å². The van der Waals surface area contributed by atoms with E-state index in [-0.39, 0.29) is 9.49 Å². The van der Waals surface area contributed by atoms with Gasteiger partial charge in [0, 0.05) is 62.0 Å². The van der Waals surface area contributed by atoms with Crippen molar-refractivity contribution in [2.75, 3.05) is 65.7 Å². The molecule has 1 rings (SSSR count). The number of hydrogen-bond acceptors (Lipinski definition) is 6. The van der Waals surface area contributed by atoms with Crippen LogP contribution in [0.3, 0.4) is 0 Å². The lowest BCUT2D eigenvalue weighted by molar-refractivity contribution is 0.0884. The van der Waals surface area contributed by atoms with Gasteiger partial charge >= 0.3 is 0 Å². The van der Waals surface area contributed by atoms with Crippen LogP contribution < -0.4 is 0 Å². The zero-order chi connectivity index (χ0) is 18.1. The highest BCUT2D eigenvalue weighted by Gasteiger charge is 2.31. The molecule has 0 atom stereocenters. The molecule has 1 aliphatic heterocycles. The molecule has 0 aromatic carbocycles. The minimum absolute atomic E-state index is 0.252. The molecule has 0 aromatic rings. The van der Waals surface area contributed by atoms with E-state index in [2.05, 4.69) is 51.3 Å². The Morgan fingerprint density at radius 2 is 1.12 bits per heavy atom. The molecule has 0 N–H and O–H groups in total. The summed E-state index contributed by atoms with van der Waals surface area (Å²) in [7, 11) is 4.07. The highest BCUT2D eigenvalue weighted by atomic mass is 33.1. The molecular weight excluding hydrogens is 340 g/mol. The van der Waals surface area contributed by atoms with E-state index in [0.29, 0.717) is 0 Å². The maximum absolute atomic E-state index is 5.58. The topological polar surface area (TPSA) is 24.9 Å². The van der Waals surface area contributed by atoms with Gasteiger partial charge in [-0.3, -0.25) is 9.80 Å². The van der Waals surface area contributed by atoms with E-state index in [1.165, 1.54) is 0 Å². The molecule has 0 aliphatic carbocycles.